The molecular formula is C11H19NOS. The van der Waals surface area contributed by atoms with Gasteiger partial charge in [-0.15, -0.1) is 6.58 Å². The molecule has 1 aliphatic rings. The SMILES string of the molecule is C=CC(C)N=C(SO)C1CCCCC1. The molecule has 1 rings (SSSR count). The summed E-state index contributed by atoms with van der Waals surface area (Å²) >= 11 is 0.822. The zero-order chi connectivity index (χ0) is 10.4. The minimum absolute atomic E-state index is 0.117. The first-order valence-corrected chi connectivity index (χ1v) is 6.07. The van der Waals surface area contributed by atoms with E-state index in [1.807, 2.05) is 6.92 Å². The first kappa shape index (κ1) is 11.8. The first-order valence-electron chi connectivity index (χ1n) is 5.29. The summed E-state index contributed by atoms with van der Waals surface area (Å²) in [6.45, 7) is 5.69. The van der Waals surface area contributed by atoms with Crippen molar-refractivity contribution in [2.24, 2.45) is 10.9 Å². The summed E-state index contributed by atoms with van der Waals surface area (Å²) in [6, 6.07) is 0.117. The van der Waals surface area contributed by atoms with E-state index in [1.54, 1.807) is 6.08 Å². The van der Waals surface area contributed by atoms with E-state index in [0.717, 1.165) is 17.1 Å². The quantitative estimate of drug-likeness (QED) is 0.335. The van der Waals surface area contributed by atoms with Gasteiger partial charge in [0.15, 0.2) is 0 Å². The van der Waals surface area contributed by atoms with Gasteiger partial charge < -0.3 is 4.55 Å². The van der Waals surface area contributed by atoms with Crippen LogP contribution < -0.4 is 0 Å². The summed E-state index contributed by atoms with van der Waals surface area (Å²) in [4.78, 5) is 4.45. The summed E-state index contributed by atoms with van der Waals surface area (Å²) in [5.41, 5.74) is 0. The standard InChI is InChI=1S/C11H19NOS/c1-3-9(2)12-11(14-13)10-7-5-4-6-8-10/h3,9-10,13H,1,4-8H2,2H3. The Labute approximate surface area is 90.7 Å². The molecule has 80 valence electrons. The maximum atomic E-state index is 9.17. The van der Waals surface area contributed by atoms with Gasteiger partial charge in [-0.25, -0.2) is 0 Å². The summed E-state index contributed by atoms with van der Waals surface area (Å²) < 4.78 is 9.17. The van der Waals surface area contributed by atoms with E-state index in [4.69, 9.17) is 0 Å². The molecule has 0 aliphatic heterocycles. The molecule has 14 heavy (non-hydrogen) atoms. The fourth-order valence-electron chi connectivity index (χ4n) is 1.81. The average molecular weight is 213 g/mol. The molecule has 0 bridgehead atoms. The van der Waals surface area contributed by atoms with Crippen molar-refractivity contribution in [2.75, 3.05) is 0 Å². The lowest BCUT2D eigenvalue weighted by molar-refractivity contribution is 0.441. The monoisotopic (exact) mass is 213 g/mol. The van der Waals surface area contributed by atoms with Crippen LogP contribution in [0.5, 0.6) is 0 Å². The van der Waals surface area contributed by atoms with Crippen molar-refractivity contribution in [1.29, 1.82) is 0 Å². The maximum Gasteiger partial charge on any atom is 0.0987 e. The predicted octanol–water partition coefficient (Wildman–Crippen LogP) is 3.75. The van der Waals surface area contributed by atoms with Crippen molar-refractivity contribution in [1.82, 2.24) is 0 Å². The molecule has 0 aromatic rings. The second-order valence-corrected chi connectivity index (χ2v) is 4.47. The zero-order valence-corrected chi connectivity index (χ0v) is 9.59. The highest BCUT2D eigenvalue weighted by molar-refractivity contribution is 8.09. The lowest BCUT2D eigenvalue weighted by Crippen LogP contribution is -2.16. The highest BCUT2D eigenvalue weighted by Gasteiger charge is 2.19. The third kappa shape index (κ3) is 3.46. The van der Waals surface area contributed by atoms with Gasteiger partial charge in [0, 0.05) is 18.0 Å². The molecular weight excluding hydrogens is 194 g/mol. The zero-order valence-electron chi connectivity index (χ0n) is 8.78. The largest absolute Gasteiger partial charge is 0.325 e. The normalized spacial score (nSPS) is 22.0. The van der Waals surface area contributed by atoms with E-state index >= 15 is 0 Å². The van der Waals surface area contributed by atoms with Crippen LogP contribution in [0.3, 0.4) is 0 Å². The maximum absolute atomic E-state index is 9.17. The van der Waals surface area contributed by atoms with Gasteiger partial charge in [-0.3, -0.25) is 4.99 Å². The van der Waals surface area contributed by atoms with Gasteiger partial charge in [0.2, 0.25) is 0 Å². The Kier molecular flexibility index (Phi) is 5.26. The van der Waals surface area contributed by atoms with Crippen LogP contribution in [0.4, 0.5) is 0 Å². The lowest BCUT2D eigenvalue weighted by atomic mass is 9.90. The highest BCUT2D eigenvalue weighted by atomic mass is 32.2. The Hall–Kier alpha value is -0.280. The molecule has 1 aliphatic carbocycles. The molecule has 0 saturated heterocycles. The van der Waals surface area contributed by atoms with Gasteiger partial charge in [-0.2, -0.15) is 0 Å². The summed E-state index contributed by atoms with van der Waals surface area (Å²) in [6.07, 6.45) is 8.03. The number of hydrogen-bond acceptors (Lipinski definition) is 3. The molecule has 0 aromatic carbocycles. The van der Waals surface area contributed by atoms with Crippen LogP contribution in [0.2, 0.25) is 0 Å². The van der Waals surface area contributed by atoms with E-state index in [2.05, 4.69) is 11.6 Å². The Bertz CT molecular complexity index is 209. The van der Waals surface area contributed by atoms with Gasteiger partial charge in [-0.05, 0) is 19.8 Å². The van der Waals surface area contributed by atoms with E-state index in [1.165, 1.54) is 32.1 Å². The van der Waals surface area contributed by atoms with Crippen LogP contribution in [0.25, 0.3) is 0 Å². The third-order valence-corrected chi connectivity index (χ3v) is 3.35. The molecule has 0 spiro atoms. The van der Waals surface area contributed by atoms with Crippen LogP contribution in [0, 0.1) is 5.92 Å². The van der Waals surface area contributed by atoms with Gasteiger partial charge in [-0.1, -0.05) is 25.3 Å². The third-order valence-electron chi connectivity index (χ3n) is 2.72. The van der Waals surface area contributed by atoms with Crippen LogP contribution >= 0.6 is 12.0 Å². The van der Waals surface area contributed by atoms with E-state index in [-0.39, 0.29) is 6.04 Å². The molecule has 0 radical (unpaired) electrons. The smallest absolute Gasteiger partial charge is 0.0987 e. The molecule has 0 heterocycles. The van der Waals surface area contributed by atoms with E-state index in [9.17, 15) is 4.55 Å². The van der Waals surface area contributed by atoms with Crippen molar-refractivity contribution in [2.45, 2.75) is 45.1 Å². The molecule has 1 unspecified atom stereocenters. The van der Waals surface area contributed by atoms with Crippen molar-refractivity contribution in [3.63, 3.8) is 0 Å². The van der Waals surface area contributed by atoms with Gasteiger partial charge in [0.1, 0.15) is 0 Å². The summed E-state index contributed by atoms with van der Waals surface area (Å²) in [5.74, 6) is 0.487. The molecule has 1 atom stereocenters. The highest BCUT2D eigenvalue weighted by Crippen LogP contribution is 2.28. The predicted molar refractivity (Wildman–Crippen MR) is 63.9 cm³/mol. The van der Waals surface area contributed by atoms with Gasteiger partial charge in [0.25, 0.3) is 0 Å². The Morgan fingerprint density at radius 3 is 2.64 bits per heavy atom. The van der Waals surface area contributed by atoms with Crippen LogP contribution in [0.1, 0.15) is 39.0 Å². The summed E-state index contributed by atoms with van der Waals surface area (Å²) in [7, 11) is 0. The fourth-order valence-corrected chi connectivity index (χ4v) is 2.40. The second kappa shape index (κ2) is 6.25. The van der Waals surface area contributed by atoms with E-state index in [0.29, 0.717) is 5.92 Å². The van der Waals surface area contributed by atoms with Crippen LogP contribution in [-0.2, 0) is 0 Å². The minimum atomic E-state index is 0.117. The van der Waals surface area contributed by atoms with Crippen molar-refractivity contribution in [3.05, 3.63) is 12.7 Å². The number of aliphatic imine (C=N–C) groups is 1. The van der Waals surface area contributed by atoms with Crippen molar-refractivity contribution >= 4 is 17.1 Å². The summed E-state index contributed by atoms with van der Waals surface area (Å²) in [5, 5.41) is 0.900. The molecule has 1 N–H and O–H groups in total. The number of rotatable bonds is 3. The van der Waals surface area contributed by atoms with Crippen LogP contribution in [0.15, 0.2) is 17.6 Å². The topological polar surface area (TPSA) is 32.6 Å². The Morgan fingerprint density at radius 2 is 2.14 bits per heavy atom. The van der Waals surface area contributed by atoms with Crippen LogP contribution in [-0.4, -0.2) is 15.6 Å². The van der Waals surface area contributed by atoms with E-state index < -0.39 is 0 Å². The van der Waals surface area contributed by atoms with Crippen molar-refractivity contribution in [3.8, 4) is 0 Å². The molecule has 1 saturated carbocycles. The fraction of sp³-hybridized carbons (Fsp3) is 0.727. The Balaban J connectivity index is 2.59. The lowest BCUT2D eigenvalue weighted by Gasteiger charge is -2.22. The molecule has 3 heteroatoms. The molecule has 0 amide bonds. The van der Waals surface area contributed by atoms with Gasteiger partial charge in [0.05, 0.1) is 11.1 Å². The van der Waals surface area contributed by atoms with Crippen molar-refractivity contribution < 1.29 is 4.55 Å². The Morgan fingerprint density at radius 1 is 1.50 bits per heavy atom. The molecule has 1 fully saturated rings. The molecule has 0 aromatic heterocycles. The molecule has 2 nitrogen and oxygen atoms in total. The second-order valence-electron chi connectivity index (χ2n) is 3.87. The van der Waals surface area contributed by atoms with Gasteiger partial charge >= 0.3 is 0 Å². The number of hydrogen-bond donors (Lipinski definition) is 1. The first-order chi connectivity index (χ1) is 6.77. The average Bonchev–Trinajstić information content (AvgIpc) is 2.26. The number of nitrogens with zero attached hydrogens (tertiary/aromatic N) is 1. The minimum Gasteiger partial charge on any atom is -0.325 e.